The molecule has 6 nitrogen and oxygen atoms in total. The Labute approximate surface area is 132 Å². The van der Waals surface area contributed by atoms with E-state index in [4.69, 9.17) is 4.74 Å². The Hall–Kier alpha value is -2.41. The highest BCUT2D eigenvalue weighted by Crippen LogP contribution is 2.14. The normalized spacial score (nSPS) is 10.1. The number of amides is 1. The predicted octanol–water partition coefficient (Wildman–Crippen LogP) is 3.03. The van der Waals surface area contributed by atoms with Gasteiger partial charge in [-0.2, -0.15) is 0 Å². The molecule has 0 saturated carbocycles. The number of hydrogen-bond acceptors (Lipinski definition) is 6. The maximum Gasteiger partial charge on any atom is 0.411 e. The second kappa shape index (κ2) is 7.56. The van der Waals surface area contributed by atoms with E-state index in [0.29, 0.717) is 17.7 Å². The minimum atomic E-state index is -0.591. The number of thiazole rings is 1. The van der Waals surface area contributed by atoms with Crippen molar-refractivity contribution in [3.05, 3.63) is 45.9 Å². The van der Waals surface area contributed by atoms with E-state index >= 15 is 0 Å². The molecule has 0 unspecified atom stereocenters. The maximum absolute atomic E-state index is 12.0. The molecule has 2 rings (SSSR count). The molecule has 2 aromatic rings. The van der Waals surface area contributed by atoms with Crippen molar-refractivity contribution in [2.24, 2.45) is 0 Å². The number of aryl methyl sites for hydroxylation is 1. The second-order valence-electron chi connectivity index (χ2n) is 4.44. The van der Waals surface area contributed by atoms with Crippen LogP contribution in [0.15, 0.2) is 29.8 Å². The number of anilines is 1. The number of rotatable bonds is 5. The molecular formula is C15H16N2O4S. The third-order valence-electron chi connectivity index (χ3n) is 2.94. The first-order valence-corrected chi connectivity index (χ1v) is 7.49. The summed E-state index contributed by atoms with van der Waals surface area (Å²) in [4.78, 5) is 28.4. The fourth-order valence-electron chi connectivity index (χ4n) is 1.78. The molecule has 0 atom stereocenters. The highest BCUT2D eigenvalue weighted by Gasteiger charge is 2.10. The molecule has 1 amide bonds. The zero-order valence-electron chi connectivity index (χ0n) is 12.3. The van der Waals surface area contributed by atoms with Crippen LogP contribution in [-0.4, -0.2) is 30.8 Å². The van der Waals surface area contributed by atoms with Crippen LogP contribution in [0, 0.1) is 6.92 Å². The molecule has 0 bridgehead atoms. The lowest BCUT2D eigenvalue weighted by Gasteiger charge is -2.07. The Balaban J connectivity index is 1.90. The van der Waals surface area contributed by atoms with E-state index in [0.717, 1.165) is 10.6 Å². The Morgan fingerprint density at radius 2 is 2.18 bits per heavy atom. The van der Waals surface area contributed by atoms with Crippen LogP contribution in [0.25, 0.3) is 0 Å². The van der Waals surface area contributed by atoms with Gasteiger partial charge >= 0.3 is 12.1 Å². The van der Waals surface area contributed by atoms with E-state index in [-0.39, 0.29) is 6.61 Å². The molecule has 0 saturated heterocycles. The fourth-order valence-corrected chi connectivity index (χ4v) is 2.54. The Morgan fingerprint density at radius 3 is 2.86 bits per heavy atom. The highest BCUT2D eigenvalue weighted by molar-refractivity contribution is 7.09. The molecule has 22 heavy (non-hydrogen) atoms. The van der Waals surface area contributed by atoms with Crippen molar-refractivity contribution in [1.29, 1.82) is 0 Å². The minimum Gasteiger partial charge on any atom is -0.462 e. The van der Waals surface area contributed by atoms with Gasteiger partial charge in [-0.25, -0.2) is 14.6 Å². The van der Waals surface area contributed by atoms with Crippen molar-refractivity contribution < 1.29 is 19.1 Å². The summed E-state index contributed by atoms with van der Waals surface area (Å²) < 4.78 is 9.74. The summed E-state index contributed by atoms with van der Waals surface area (Å²) in [6, 6.07) is 6.49. The molecule has 116 valence electrons. The lowest BCUT2D eigenvalue weighted by molar-refractivity contribution is 0.0509. The van der Waals surface area contributed by atoms with Crippen LogP contribution in [0.5, 0.6) is 0 Å². The molecule has 0 aliphatic rings. The number of nitrogens with zero attached hydrogens (tertiary/aromatic N) is 1. The molecule has 1 N–H and O–H groups in total. The molecule has 0 aliphatic heterocycles. The van der Waals surface area contributed by atoms with Crippen LogP contribution in [-0.2, 0) is 15.9 Å². The van der Waals surface area contributed by atoms with Crippen LogP contribution >= 0.6 is 11.3 Å². The van der Waals surface area contributed by atoms with Crippen molar-refractivity contribution in [3.63, 3.8) is 0 Å². The van der Waals surface area contributed by atoms with Gasteiger partial charge in [-0.1, -0.05) is 6.07 Å². The number of carbonyl (C=O) groups is 2. The highest BCUT2D eigenvalue weighted by atomic mass is 32.1. The van der Waals surface area contributed by atoms with E-state index in [2.05, 4.69) is 15.0 Å². The van der Waals surface area contributed by atoms with Crippen molar-refractivity contribution in [3.8, 4) is 0 Å². The van der Waals surface area contributed by atoms with Gasteiger partial charge in [-0.3, -0.25) is 5.32 Å². The lowest BCUT2D eigenvalue weighted by Crippen LogP contribution is -2.12. The number of methoxy groups -OCH3 is 1. The van der Waals surface area contributed by atoms with Crippen LogP contribution in [0.4, 0.5) is 10.5 Å². The van der Waals surface area contributed by atoms with Gasteiger partial charge in [-0.15, -0.1) is 11.3 Å². The van der Waals surface area contributed by atoms with E-state index in [9.17, 15) is 9.59 Å². The van der Waals surface area contributed by atoms with Crippen LogP contribution in [0.3, 0.4) is 0 Å². The van der Waals surface area contributed by atoms with Gasteiger partial charge in [0.25, 0.3) is 0 Å². The summed E-state index contributed by atoms with van der Waals surface area (Å²) in [7, 11) is 1.27. The van der Waals surface area contributed by atoms with Gasteiger partial charge in [0.15, 0.2) is 0 Å². The third-order valence-corrected chi connectivity index (χ3v) is 3.93. The summed E-state index contributed by atoms with van der Waals surface area (Å²) in [6.45, 7) is 2.21. The van der Waals surface area contributed by atoms with E-state index < -0.39 is 12.1 Å². The zero-order valence-corrected chi connectivity index (χ0v) is 13.1. The SMILES string of the molecule is COC(=O)Nc1cccc(C(=O)OCCc2scnc2C)c1. The molecule has 1 heterocycles. The standard InChI is InChI=1S/C15H16N2O4S/c1-10-13(22-9-16-10)6-7-21-14(18)11-4-3-5-12(8-11)17-15(19)20-2/h3-5,8-9H,6-7H2,1-2H3,(H,17,19). The number of esters is 1. The first-order valence-electron chi connectivity index (χ1n) is 6.61. The second-order valence-corrected chi connectivity index (χ2v) is 5.38. The van der Waals surface area contributed by atoms with Gasteiger partial charge < -0.3 is 9.47 Å². The number of nitrogens with one attached hydrogen (secondary N) is 1. The van der Waals surface area contributed by atoms with Crippen molar-refractivity contribution in [2.75, 3.05) is 19.0 Å². The summed E-state index contributed by atoms with van der Waals surface area (Å²) in [6.07, 6.45) is 0.0497. The van der Waals surface area contributed by atoms with Gasteiger partial charge in [-0.05, 0) is 25.1 Å². The number of carbonyl (C=O) groups excluding carboxylic acids is 2. The largest absolute Gasteiger partial charge is 0.462 e. The van der Waals surface area contributed by atoms with Gasteiger partial charge in [0.1, 0.15) is 0 Å². The molecular weight excluding hydrogens is 304 g/mol. The zero-order chi connectivity index (χ0) is 15.9. The summed E-state index contributed by atoms with van der Waals surface area (Å²) >= 11 is 1.54. The quantitative estimate of drug-likeness (QED) is 0.857. The number of hydrogen-bond donors (Lipinski definition) is 1. The smallest absolute Gasteiger partial charge is 0.411 e. The predicted molar refractivity (Wildman–Crippen MR) is 83.3 cm³/mol. The number of aromatic nitrogens is 1. The van der Waals surface area contributed by atoms with Gasteiger partial charge in [0, 0.05) is 17.0 Å². The monoisotopic (exact) mass is 320 g/mol. The first kappa shape index (κ1) is 16.0. The summed E-state index contributed by atoms with van der Waals surface area (Å²) in [5, 5.41) is 2.50. The summed E-state index contributed by atoms with van der Waals surface area (Å²) in [5.74, 6) is -0.435. The summed E-state index contributed by atoms with van der Waals surface area (Å²) in [5.41, 5.74) is 3.58. The van der Waals surface area contributed by atoms with Gasteiger partial charge in [0.05, 0.1) is 30.5 Å². The van der Waals surface area contributed by atoms with E-state index in [1.807, 2.05) is 6.92 Å². The average molecular weight is 320 g/mol. The van der Waals surface area contributed by atoms with Crippen molar-refractivity contribution in [1.82, 2.24) is 4.98 Å². The minimum absolute atomic E-state index is 0.288. The Kier molecular flexibility index (Phi) is 5.48. The molecule has 1 aromatic heterocycles. The topological polar surface area (TPSA) is 77.5 Å². The molecule has 0 radical (unpaired) electrons. The third kappa shape index (κ3) is 4.29. The Bertz CT molecular complexity index is 669. The molecule has 7 heteroatoms. The molecule has 0 fully saturated rings. The lowest BCUT2D eigenvalue weighted by atomic mass is 10.2. The van der Waals surface area contributed by atoms with Crippen LogP contribution in [0.1, 0.15) is 20.9 Å². The fraction of sp³-hybridized carbons (Fsp3) is 0.267. The van der Waals surface area contributed by atoms with Crippen molar-refractivity contribution >= 4 is 29.1 Å². The molecule has 1 aromatic carbocycles. The van der Waals surface area contributed by atoms with Gasteiger partial charge in [0.2, 0.25) is 0 Å². The maximum atomic E-state index is 12.0. The van der Waals surface area contributed by atoms with E-state index in [1.165, 1.54) is 13.2 Å². The molecule has 0 aliphatic carbocycles. The van der Waals surface area contributed by atoms with Crippen LogP contribution < -0.4 is 5.32 Å². The van der Waals surface area contributed by atoms with Crippen LogP contribution in [0.2, 0.25) is 0 Å². The number of benzene rings is 1. The number of ether oxygens (including phenoxy) is 2. The van der Waals surface area contributed by atoms with Crippen molar-refractivity contribution in [2.45, 2.75) is 13.3 Å². The first-order chi connectivity index (χ1) is 10.6. The Morgan fingerprint density at radius 1 is 1.36 bits per heavy atom. The average Bonchev–Trinajstić information content (AvgIpc) is 2.92. The molecule has 0 spiro atoms. The van der Waals surface area contributed by atoms with E-state index in [1.54, 1.807) is 35.0 Å².